The van der Waals surface area contributed by atoms with Crippen LogP contribution in [0.15, 0.2) is 57.7 Å². The zero-order chi connectivity index (χ0) is 68.0. The fourth-order valence-electron chi connectivity index (χ4n) is 11.3. The van der Waals surface area contributed by atoms with E-state index in [9.17, 15) is 39.3 Å². The Hall–Kier alpha value is -7.54. The second-order valence-electron chi connectivity index (χ2n) is 25.7. The van der Waals surface area contributed by atoms with Crippen LogP contribution in [0.2, 0.25) is 0 Å². The van der Waals surface area contributed by atoms with Gasteiger partial charge >= 0.3 is 0 Å². The molecule has 0 radical (unpaired) electrons. The molecule has 2 aliphatic heterocycles. The fourth-order valence-corrected chi connectivity index (χ4v) is 13.4. The Balaban J connectivity index is 0.000000331. The molecule has 0 fully saturated rings. The number of amides is 6. The molecule has 91 heavy (non-hydrogen) atoms. The Bertz CT molecular complexity index is 3520. The van der Waals surface area contributed by atoms with Gasteiger partial charge in [0.2, 0.25) is 11.8 Å². The number of imide groups is 2. The van der Waals surface area contributed by atoms with Crippen molar-refractivity contribution in [2.75, 3.05) is 50.1 Å². The predicted molar refractivity (Wildman–Crippen MR) is 372 cm³/mol. The average Bonchev–Trinajstić information content (AvgIpc) is 1.77. The van der Waals surface area contributed by atoms with Crippen molar-refractivity contribution in [1.82, 2.24) is 30.0 Å². The number of thiazole rings is 2. The Labute approximate surface area is 551 Å². The van der Waals surface area contributed by atoms with E-state index in [0.717, 1.165) is 172 Å². The zero-order valence-electron chi connectivity index (χ0n) is 58.2. The van der Waals surface area contributed by atoms with Crippen LogP contribution in [0.3, 0.4) is 0 Å². The molecule has 0 N–H and O–H groups in total. The monoisotopic (exact) mass is 1280 g/mol. The predicted octanol–water partition coefficient (Wildman–Crippen LogP) is 15.6. The number of hydrogen-bond acceptors (Lipinski definition) is 14. The lowest BCUT2D eigenvalue weighted by atomic mass is 9.90. The van der Waals surface area contributed by atoms with Crippen LogP contribution < -0.4 is 9.80 Å². The maximum atomic E-state index is 14.2. The number of carbonyl (C=O) groups excluding carboxylic acids is 6. The summed E-state index contributed by atoms with van der Waals surface area (Å²) in [5, 5.41) is 25.6. The van der Waals surface area contributed by atoms with E-state index in [4.69, 9.17) is 9.97 Å². The van der Waals surface area contributed by atoms with Crippen molar-refractivity contribution >= 4 is 80.5 Å². The van der Waals surface area contributed by atoms with Crippen LogP contribution in [0.1, 0.15) is 212 Å². The van der Waals surface area contributed by atoms with Crippen LogP contribution >= 0.6 is 22.7 Å². The molecule has 0 unspecified atom stereocenters. The third-order valence-electron chi connectivity index (χ3n) is 16.6. The lowest BCUT2D eigenvalue weighted by molar-refractivity contribution is -0.171. The standard InChI is InChI=1S/C37H51N5O3S.C36H49N5O3S/c1-11-16-18-41(19-17-12-2)36-39-32(31-26(14-4)20-25(13-3)21-27(31)15-5)30(46-36)22-28-24(6)29(23-38)34(44)42(33(28)43)40(10)35(45)37(7,8)9;1-11-15-17-40(18-16-12-2)35-38-31(30-25(13-3)19-23(5)20-26(30)14-4)29(45-35)21-27-24(6)28(22-37)33(43)41(32(27)42)39(10)34(44)36(7,8)9/h20-22H,11-19H2,1-10H3;19-21H,11-18H2,1-10H3/b28-22-;27-21-. The molecule has 0 atom stereocenters. The Kier molecular flexibility index (Phi) is 26.6. The quantitative estimate of drug-likeness (QED) is 0.0450. The molecule has 18 heteroatoms. The van der Waals surface area contributed by atoms with E-state index in [1.165, 1.54) is 70.1 Å². The summed E-state index contributed by atoms with van der Waals surface area (Å²) < 4.78 is 0. The lowest BCUT2D eigenvalue weighted by Gasteiger charge is -2.36. The number of aryl methyl sites for hydroxylation is 6. The van der Waals surface area contributed by atoms with Crippen LogP contribution in [0, 0.1) is 40.4 Å². The first-order valence-corrected chi connectivity index (χ1v) is 34.5. The molecule has 0 aliphatic carbocycles. The van der Waals surface area contributed by atoms with Gasteiger partial charge in [0, 0.05) is 73.4 Å². The minimum Gasteiger partial charge on any atom is -0.348 e. The van der Waals surface area contributed by atoms with E-state index >= 15 is 0 Å². The summed E-state index contributed by atoms with van der Waals surface area (Å²) in [4.78, 5) is 98.4. The molecule has 6 rings (SSSR count). The molecule has 2 aromatic carbocycles. The van der Waals surface area contributed by atoms with Crippen molar-refractivity contribution in [3.63, 3.8) is 0 Å². The normalized spacial score (nSPS) is 14.7. The number of nitriles is 2. The minimum absolute atomic E-state index is 0.158. The highest BCUT2D eigenvalue weighted by Gasteiger charge is 2.44. The van der Waals surface area contributed by atoms with Crippen LogP contribution in [-0.2, 0) is 60.9 Å². The van der Waals surface area contributed by atoms with Crippen LogP contribution in [0.5, 0.6) is 0 Å². The number of rotatable bonds is 25. The second-order valence-corrected chi connectivity index (χ2v) is 27.7. The highest BCUT2D eigenvalue weighted by molar-refractivity contribution is 7.17. The first kappa shape index (κ1) is 74.2. The van der Waals surface area contributed by atoms with E-state index in [2.05, 4.69) is 103 Å². The average molecular weight is 1280 g/mol. The molecule has 490 valence electrons. The van der Waals surface area contributed by atoms with E-state index in [1.54, 1.807) is 67.5 Å². The number of aromatic nitrogens is 2. The molecule has 0 saturated heterocycles. The lowest BCUT2D eigenvalue weighted by Crippen LogP contribution is -2.56. The summed E-state index contributed by atoms with van der Waals surface area (Å²) in [6, 6.07) is 12.9. The molecule has 0 saturated carbocycles. The fraction of sp³-hybridized carbons (Fsp3) is 0.534. The van der Waals surface area contributed by atoms with Gasteiger partial charge in [0.25, 0.3) is 23.6 Å². The molecule has 6 amide bonds. The molecule has 2 aliphatic rings. The van der Waals surface area contributed by atoms with Crippen molar-refractivity contribution < 1.29 is 28.8 Å². The van der Waals surface area contributed by atoms with Crippen molar-refractivity contribution in [1.29, 1.82) is 10.5 Å². The summed E-state index contributed by atoms with van der Waals surface area (Å²) in [6.07, 6.45) is 16.2. The van der Waals surface area contributed by atoms with Crippen LogP contribution in [-0.4, -0.2) is 106 Å². The van der Waals surface area contributed by atoms with Gasteiger partial charge in [-0.25, -0.2) is 20.0 Å². The topological polar surface area (TPSA) is 195 Å². The molecule has 0 spiro atoms. The van der Waals surface area contributed by atoms with Gasteiger partial charge < -0.3 is 9.80 Å². The van der Waals surface area contributed by atoms with Gasteiger partial charge in [-0.3, -0.25) is 28.8 Å². The Morgan fingerprint density at radius 1 is 0.505 bits per heavy atom. The smallest absolute Gasteiger partial charge is 0.290 e. The van der Waals surface area contributed by atoms with Gasteiger partial charge in [-0.1, -0.05) is 182 Å². The molecular weight excluding hydrogens is 1180 g/mol. The molecule has 16 nitrogen and oxygen atoms in total. The number of unbranched alkanes of at least 4 members (excludes halogenated alkanes) is 4. The van der Waals surface area contributed by atoms with E-state index < -0.39 is 46.3 Å². The molecule has 0 bridgehead atoms. The highest BCUT2D eigenvalue weighted by atomic mass is 32.1. The summed E-state index contributed by atoms with van der Waals surface area (Å²) in [7, 11) is 2.81. The van der Waals surface area contributed by atoms with Gasteiger partial charge in [0.05, 0.1) is 21.1 Å². The van der Waals surface area contributed by atoms with Crippen molar-refractivity contribution in [3.8, 4) is 34.7 Å². The number of anilines is 2. The maximum Gasteiger partial charge on any atom is 0.290 e. The van der Waals surface area contributed by atoms with Crippen LogP contribution in [0.4, 0.5) is 10.3 Å². The molecule has 4 heterocycles. The number of hydrogen-bond donors (Lipinski definition) is 0. The number of hydrazine groups is 2. The van der Waals surface area contributed by atoms with Crippen molar-refractivity contribution in [2.45, 2.75) is 208 Å². The van der Waals surface area contributed by atoms with E-state index in [1.807, 2.05) is 12.1 Å². The highest BCUT2D eigenvalue weighted by Crippen LogP contribution is 2.43. The number of carbonyl (C=O) groups is 6. The van der Waals surface area contributed by atoms with Crippen LogP contribution in [0.25, 0.3) is 34.7 Å². The molecule has 4 aromatic rings. The second kappa shape index (κ2) is 32.6. The SMILES string of the molecule is CCCCN(CCCC)c1nc(-c2c(CC)cc(C)cc2CC)c(/C=C2\C(=O)N(N(C)C(=O)C(C)(C)C)C(=O)C(C#N)=C2C)s1.CCCCN(CCCC)c1nc(-c2c(CC)cc(CC)cc2CC)c(/C=C2\C(=O)N(N(C)C(=O)C(C)(C)C)C(=O)C(C#N)=C2C)s1. The third-order valence-corrected chi connectivity index (χ3v) is 18.8. The zero-order valence-corrected chi connectivity index (χ0v) is 59.9. The summed E-state index contributed by atoms with van der Waals surface area (Å²) in [5.41, 5.74) is 10.0. The van der Waals surface area contributed by atoms with Gasteiger partial charge in [0.15, 0.2) is 10.3 Å². The summed E-state index contributed by atoms with van der Waals surface area (Å²) in [5.74, 6) is -3.69. The largest absolute Gasteiger partial charge is 0.348 e. The van der Waals surface area contributed by atoms with Gasteiger partial charge in [-0.05, 0) is 130 Å². The number of nitrogens with zero attached hydrogens (tertiary/aromatic N) is 10. The summed E-state index contributed by atoms with van der Waals surface area (Å²) >= 11 is 3.07. The third kappa shape index (κ3) is 16.8. The summed E-state index contributed by atoms with van der Waals surface area (Å²) in [6.45, 7) is 38.7. The Morgan fingerprint density at radius 3 is 1.08 bits per heavy atom. The number of benzene rings is 2. The minimum atomic E-state index is -0.847. The van der Waals surface area contributed by atoms with Gasteiger partial charge in [-0.15, -0.1) is 0 Å². The van der Waals surface area contributed by atoms with Crippen molar-refractivity contribution in [3.05, 3.63) is 101 Å². The maximum absolute atomic E-state index is 14.2. The Morgan fingerprint density at radius 2 is 0.813 bits per heavy atom. The van der Waals surface area contributed by atoms with Gasteiger partial charge in [0.1, 0.15) is 23.3 Å². The van der Waals surface area contributed by atoms with E-state index in [0.29, 0.717) is 11.1 Å². The first-order valence-electron chi connectivity index (χ1n) is 32.8. The molecule has 2 aromatic heterocycles. The van der Waals surface area contributed by atoms with Crippen molar-refractivity contribution in [2.24, 2.45) is 10.8 Å². The first-order chi connectivity index (χ1) is 43.0. The van der Waals surface area contributed by atoms with Gasteiger partial charge in [-0.2, -0.15) is 20.5 Å². The molecular formula is C73H100N10O6S2. The van der Waals surface area contributed by atoms with E-state index in [-0.39, 0.29) is 22.3 Å².